The van der Waals surface area contributed by atoms with Crippen molar-refractivity contribution in [2.24, 2.45) is 0 Å². The average molecular weight is 417 g/mol. The minimum Gasteiger partial charge on any atom is -0.456 e. The summed E-state index contributed by atoms with van der Waals surface area (Å²) < 4.78 is 10.3. The number of aliphatic hydroxyl groups excluding tert-OH is 6. The highest BCUT2D eigenvalue weighted by Crippen LogP contribution is 2.28. The van der Waals surface area contributed by atoms with E-state index in [1.54, 1.807) is 0 Å². The van der Waals surface area contributed by atoms with Crippen molar-refractivity contribution in [3.63, 3.8) is 0 Å². The molecule has 2 rings (SSSR count). The second-order valence-corrected chi connectivity index (χ2v) is 7.04. The van der Waals surface area contributed by atoms with Crippen molar-refractivity contribution in [1.82, 2.24) is 5.32 Å². The topological polar surface area (TPSA) is 186 Å². The summed E-state index contributed by atoms with van der Waals surface area (Å²) in [6.07, 6.45) is -5.82. The second-order valence-electron chi connectivity index (χ2n) is 7.04. The molecule has 2 aliphatic rings. The Hall–Kier alpha value is -1.86. The van der Waals surface area contributed by atoms with Gasteiger partial charge < -0.3 is 40.1 Å². The lowest BCUT2D eigenvalue weighted by Gasteiger charge is -2.42. The number of aliphatic hydroxyl groups is 6. The van der Waals surface area contributed by atoms with E-state index in [2.05, 4.69) is 5.32 Å². The molecule has 164 valence electrons. The second kappa shape index (κ2) is 9.76. The standard InChI is InChI=1S/C18H27NO10/c1-7(22)28-17-12(4-10(6-21)14(25)18(17)29-8(2)23)19-11-3-9(5-20)13(24)16(27)15(11)26/h3-4,11-21,24-27H,5-6H2,1-2H3/t11-,12-,13+,14+,15-,16-,17-,18-/m0/s1. The van der Waals surface area contributed by atoms with Crippen molar-refractivity contribution in [3.8, 4) is 0 Å². The average Bonchev–Trinajstić information content (AvgIpc) is 2.66. The summed E-state index contributed by atoms with van der Waals surface area (Å²) in [7, 11) is 0. The summed E-state index contributed by atoms with van der Waals surface area (Å²) in [5.74, 6) is -1.47. The summed E-state index contributed by atoms with van der Waals surface area (Å²) >= 11 is 0. The molecule has 0 fully saturated rings. The van der Waals surface area contributed by atoms with Gasteiger partial charge in [0.05, 0.1) is 25.3 Å². The highest BCUT2D eigenvalue weighted by Gasteiger charge is 2.46. The van der Waals surface area contributed by atoms with E-state index >= 15 is 0 Å². The smallest absolute Gasteiger partial charge is 0.303 e. The lowest BCUT2D eigenvalue weighted by molar-refractivity contribution is -0.176. The molecule has 0 aromatic heterocycles. The Bertz CT molecular complexity index is 678. The molecule has 0 spiro atoms. The van der Waals surface area contributed by atoms with E-state index in [4.69, 9.17) is 9.47 Å². The minimum atomic E-state index is -1.59. The van der Waals surface area contributed by atoms with Crippen LogP contribution in [0.4, 0.5) is 0 Å². The summed E-state index contributed by atoms with van der Waals surface area (Å²) in [6.45, 7) is 1.10. The van der Waals surface area contributed by atoms with Crippen molar-refractivity contribution in [2.75, 3.05) is 13.2 Å². The molecule has 2 aliphatic carbocycles. The fourth-order valence-corrected chi connectivity index (χ4v) is 3.52. The van der Waals surface area contributed by atoms with Crippen LogP contribution in [0.25, 0.3) is 0 Å². The van der Waals surface area contributed by atoms with Crippen LogP contribution in [0.1, 0.15) is 13.8 Å². The summed E-state index contributed by atoms with van der Waals surface area (Å²) in [5.41, 5.74) is 0.164. The quantitative estimate of drug-likeness (QED) is 0.168. The number of hydrogen-bond acceptors (Lipinski definition) is 11. The maximum absolute atomic E-state index is 11.6. The summed E-state index contributed by atoms with van der Waals surface area (Å²) in [5, 5.41) is 62.4. The number of nitrogens with one attached hydrogen (secondary N) is 1. The fraction of sp³-hybridized carbons (Fsp3) is 0.667. The van der Waals surface area contributed by atoms with Gasteiger partial charge in [-0.1, -0.05) is 12.2 Å². The van der Waals surface area contributed by atoms with Crippen LogP contribution in [-0.4, -0.2) is 104 Å². The van der Waals surface area contributed by atoms with E-state index in [0.29, 0.717) is 0 Å². The molecule has 11 heteroatoms. The number of hydrogen-bond donors (Lipinski definition) is 7. The van der Waals surface area contributed by atoms with Gasteiger partial charge in [0.2, 0.25) is 0 Å². The number of carbonyl (C=O) groups is 2. The first-order chi connectivity index (χ1) is 13.6. The van der Waals surface area contributed by atoms with E-state index in [1.807, 2.05) is 0 Å². The lowest BCUT2D eigenvalue weighted by atomic mass is 9.84. The monoisotopic (exact) mass is 417 g/mol. The van der Waals surface area contributed by atoms with Crippen LogP contribution < -0.4 is 5.32 Å². The zero-order valence-corrected chi connectivity index (χ0v) is 16.0. The van der Waals surface area contributed by atoms with Crippen LogP contribution in [0.15, 0.2) is 23.3 Å². The summed E-state index contributed by atoms with van der Waals surface area (Å²) in [6, 6.07) is -1.95. The normalized spacial score (nSPS) is 37.4. The first-order valence-corrected chi connectivity index (χ1v) is 9.06. The highest BCUT2D eigenvalue weighted by molar-refractivity contribution is 5.67. The molecule has 8 atom stereocenters. The van der Waals surface area contributed by atoms with Crippen molar-refractivity contribution in [3.05, 3.63) is 23.3 Å². The molecule has 0 unspecified atom stereocenters. The number of carbonyl (C=O) groups excluding carboxylic acids is 2. The van der Waals surface area contributed by atoms with Gasteiger partial charge in [0.25, 0.3) is 0 Å². The van der Waals surface area contributed by atoms with E-state index in [9.17, 15) is 40.2 Å². The molecule has 7 N–H and O–H groups in total. The Balaban J connectivity index is 2.40. The Morgan fingerprint density at radius 3 is 1.83 bits per heavy atom. The maximum Gasteiger partial charge on any atom is 0.303 e. The lowest BCUT2D eigenvalue weighted by Crippen LogP contribution is -2.62. The van der Waals surface area contributed by atoms with E-state index in [1.165, 1.54) is 12.2 Å². The third-order valence-corrected chi connectivity index (χ3v) is 4.93. The van der Waals surface area contributed by atoms with Crippen LogP contribution >= 0.6 is 0 Å². The van der Waals surface area contributed by atoms with Gasteiger partial charge in [-0.3, -0.25) is 14.9 Å². The van der Waals surface area contributed by atoms with E-state index in [-0.39, 0.29) is 11.1 Å². The number of ether oxygens (including phenoxy) is 2. The number of esters is 2. The van der Waals surface area contributed by atoms with Crippen LogP contribution in [0, 0.1) is 0 Å². The molecule has 0 aromatic rings. The molecule has 0 aromatic carbocycles. The molecule has 0 saturated carbocycles. The van der Waals surface area contributed by atoms with E-state index in [0.717, 1.165) is 13.8 Å². The molecule has 0 aliphatic heterocycles. The first kappa shape index (κ1) is 23.4. The van der Waals surface area contributed by atoms with Gasteiger partial charge in [0, 0.05) is 13.8 Å². The SMILES string of the molecule is CC(=O)O[C@@H]1[C@@H](OC(C)=O)[C@H](O)C(CO)=C[C@@H]1N[C@H]1C=C(CO)[C@@H](O)[C@H](O)[C@H]1O. The maximum atomic E-state index is 11.6. The molecule has 0 radical (unpaired) electrons. The molecule has 0 saturated heterocycles. The predicted octanol–water partition coefficient (Wildman–Crippen LogP) is -3.52. The zero-order valence-electron chi connectivity index (χ0n) is 16.0. The predicted molar refractivity (Wildman–Crippen MR) is 96.2 cm³/mol. The van der Waals surface area contributed by atoms with Crippen molar-refractivity contribution >= 4 is 11.9 Å². The molecule has 11 nitrogen and oxygen atoms in total. The molecular formula is C18H27NO10. The Labute approximate surface area is 166 Å². The van der Waals surface area contributed by atoms with E-state index < -0.39 is 73.9 Å². The highest BCUT2D eigenvalue weighted by atomic mass is 16.6. The largest absolute Gasteiger partial charge is 0.456 e. The van der Waals surface area contributed by atoms with Crippen LogP contribution in [0.5, 0.6) is 0 Å². The van der Waals surface area contributed by atoms with Crippen molar-refractivity contribution < 1.29 is 49.7 Å². The number of rotatable bonds is 6. The minimum absolute atomic E-state index is 0.0723. The molecular weight excluding hydrogens is 390 g/mol. The van der Waals surface area contributed by atoms with Gasteiger partial charge in [-0.2, -0.15) is 0 Å². The zero-order chi connectivity index (χ0) is 21.9. The molecule has 0 bridgehead atoms. The van der Waals surface area contributed by atoms with Gasteiger partial charge in [-0.25, -0.2) is 0 Å². The van der Waals surface area contributed by atoms with Crippen LogP contribution in [0.3, 0.4) is 0 Å². The van der Waals surface area contributed by atoms with Gasteiger partial charge >= 0.3 is 11.9 Å². The molecule has 0 amide bonds. The van der Waals surface area contributed by atoms with Gasteiger partial charge in [0.15, 0.2) is 12.2 Å². The third-order valence-electron chi connectivity index (χ3n) is 4.93. The third kappa shape index (κ3) is 5.20. The Morgan fingerprint density at radius 2 is 1.31 bits per heavy atom. The Kier molecular flexibility index (Phi) is 7.88. The van der Waals surface area contributed by atoms with Crippen LogP contribution in [-0.2, 0) is 19.1 Å². The Morgan fingerprint density at radius 1 is 0.828 bits per heavy atom. The van der Waals surface area contributed by atoms with Crippen LogP contribution in [0.2, 0.25) is 0 Å². The van der Waals surface area contributed by atoms with Gasteiger partial charge in [-0.05, 0) is 11.1 Å². The summed E-state index contributed by atoms with van der Waals surface area (Å²) in [4.78, 5) is 23.1. The molecule has 0 heterocycles. The first-order valence-electron chi connectivity index (χ1n) is 9.06. The van der Waals surface area contributed by atoms with Crippen molar-refractivity contribution in [2.45, 2.75) is 62.6 Å². The van der Waals surface area contributed by atoms with Gasteiger partial charge in [-0.15, -0.1) is 0 Å². The van der Waals surface area contributed by atoms with Crippen molar-refractivity contribution in [1.29, 1.82) is 0 Å². The fourth-order valence-electron chi connectivity index (χ4n) is 3.52. The van der Waals surface area contributed by atoms with Gasteiger partial charge in [0.1, 0.15) is 24.4 Å². The molecule has 29 heavy (non-hydrogen) atoms.